The summed E-state index contributed by atoms with van der Waals surface area (Å²) < 4.78 is 1.67. The highest BCUT2D eigenvalue weighted by Crippen LogP contribution is 2.34. The molecular weight excluding hydrogens is 389 g/mol. The molecule has 6 heteroatoms. The van der Waals surface area contributed by atoms with Gasteiger partial charge in [0.15, 0.2) is 5.78 Å². The van der Waals surface area contributed by atoms with Crippen LogP contribution in [0, 0.1) is 0 Å². The molecule has 2 nitrogen and oxygen atoms in total. The molecule has 0 radical (unpaired) electrons. The average molecular weight is 396 g/mol. The van der Waals surface area contributed by atoms with Crippen molar-refractivity contribution in [1.29, 1.82) is 0 Å². The Labute approximate surface area is 124 Å². The van der Waals surface area contributed by atoms with E-state index in [1.807, 2.05) is 0 Å². The molecular formula is C11H6Br2ClNOS. The molecule has 88 valence electrons. The Morgan fingerprint density at radius 1 is 1.24 bits per heavy atom. The van der Waals surface area contributed by atoms with Gasteiger partial charge in [-0.05, 0) is 56.1 Å². The van der Waals surface area contributed by atoms with Gasteiger partial charge < -0.3 is 5.73 Å². The number of thiophene rings is 1. The van der Waals surface area contributed by atoms with E-state index in [9.17, 15) is 4.79 Å². The lowest BCUT2D eigenvalue weighted by Crippen LogP contribution is -2.04. The largest absolute Gasteiger partial charge is 0.398 e. The van der Waals surface area contributed by atoms with Crippen LogP contribution in [0.1, 0.15) is 15.9 Å². The van der Waals surface area contributed by atoms with E-state index in [0.717, 1.165) is 7.57 Å². The van der Waals surface area contributed by atoms with Crippen molar-refractivity contribution in [3.63, 3.8) is 0 Å². The van der Waals surface area contributed by atoms with Crippen LogP contribution in [0.5, 0.6) is 0 Å². The first-order valence-corrected chi connectivity index (χ1v) is 7.31. The topological polar surface area (TPSA) is 43.1 Å². The van der Waals surface area contributed by atoms with Crippen molar-refractivity contribution in [2.75, 3.05) is 5.73 Å². The molecule has 2 rings (SSSR count). The highest BCUT2D eigenvalue weighted by molar-refractivity contribution is 9.12. The molecule has 1 aromatic heterocycles. The maximum Gasteiger partial charge on any atom is 0.197 e. The lowest BCUT2D eigenvalue weighted by molar-refractivity contribution is 0.103. The number of anilines is 1. The maximum absolute atomic E-state index is 12.2. The number of ketones is 1. The predicted molar refractivity (Wildman–Crippen MR) is 79.0 cm³/mol. The number of carbonyl (C=O) groups is 1. The van der Waals surface area contributed by atoms with E-state index in [1.54, 1.807) is 24.3 Å². The van der Waals surface area contributed by atoms with Crippen molar-refractivity contribution in [1.82, 2.24) is 0 Å². The van der Waals surface area contributed by atoms with Crippen molar-refractivity contribution >= 4 is 66.3 Å². The molecule has 0 aliphatic carbocycles. The second-order valence-electron chi connectivity index (χ2n) is 3.30. The van der Waals surface area contributed by atoms with Crippen LogP contribution < -0.4 is 5.73 Å². The molecule has 17 heavy (non-hydrogen) atoms. The molecule has 1 aromatic carbocycles. The van der Waals surface area contributed by atoms with E-state index < -0.39 is 0 Å². The highest BCUT2D eigenvalue weighted by Gasteiger charge is 2.17. The lowest BCUT2D eigenvalue weighted by Gasteiger charge is -2.04. The summed E-state index contributed by atoms with van der Waals surface area (Å²) in [6, 6.07) is 6.63. The summed E-state index contributed by atoms with van der Waals surface area (Å²) in [5, 5.41) is 0.518. The first kappa shape index (κ1) is 13.1. The van der Waals surface area contributed by atoms with Gasteiger partial charge in [-0.15, -0.1) is 11.3 Å². The number of nitrogen functional groups attached to an aromatic ring is 1. The molecule has 0 fully saturated rings. The number of hydrogen-bond donors (Lipinski definition) is 1. The predicted octanol–water partition coefficient (Wildman–Crippen LogP) is 4.74. The Morgan fingerprint density at radius 3 is 2.47 bits per heavy atom. The highest BCUT2D eigenvalue weighted by atomic mass is 79.9. The van der Waals surface area contributed by atoms with Gasteiger partial charge in [0.25, 0.3) is 0 Å². The Balaban J connectivity index is 2.47. The summed E-state index contributed by atoms with van der Waals surface area (Å²) in [6.45, 7) is 0. The monoisotopic (exact) mass is 393 g/mol. The first-order valence-electron chi connectivity index (χ1n) is 4.53. The van der Waals surface area contributed by atoms with Crippen LogP contribution >= 0.6 is 54.8 Å². The minimum absolute atomic E-state index is 0.118. The van der Waals surface area contributed by atoms with Crippen LogP contribution in [0.3, 0.4) is 0 Å². The zero-order valence-corrected chi connectivity index (χ0v) is 13.1. The molecule has 2 aromatic rings. The molecule has 0 saturated carbocycles. The van der Waals surface area contributed by atoms with Crippen LogP contribution in [-0.4, -0.2) is 5.78 Å². The van der Waals surface area contributed by atoms with Gasteiger partial charge in [0.2, 0.25) is 0 Å². The van der Waals surface area contributed by atoms with Gasteiger partial charge in [-0.25, -0.2) is 0 Å². The summed E-state index contributed by atoms with van der Waals surface area (Å²) in [7, 11) is 0. The Hall–Kier alpha value is -0.360. The van der Waals surface area contributed by atoms with Gasteiger partial charge in [0.1, 0.15) is 0 Å². The summed E-state index contributed by atoms with van der Waals surface area (Å²) in [4.78, 5) is 12.2. The fraction of sp³-hybridized carbons (Fsp3) is 0. The number of rotatable bonds is 2. The minimum Gasteiger partial charge on any atom is -0.398 e. The van der Waals surface area contributed by atoms with Crippen molar-refractivity contribution in [3.8, 4) is 0 Å². The third kappa shape index (κ3) is 2.73. The summed E-state index contributed by atoms with van der Waals surface area (Å²) in [5.74, 6) is -0.118. The maximum atomic E-state index is 12.2. The van der Waals surface area contributed by atoms with E-state index in [2.05, 4.69) is 31.9 Å². The molecule has 0 unspecified atom stereocenters. The molecule has 0 aliphatic rings. The van der Waals surface area contributed by atoms with E-state index in [-0.39, 0.29) is 5.78 Å². The first-order chi connectivity index (χ1) is 7.99. The standard InChI is InChI=1S/C11H6Br2ClNOS/c12-9-4-7(11(13)17-9)10(16)6-2-1-5(14)3-8(6)15/h1-4H,15H2. The minimum atomic E-state index is -0.118. The van der Waals surface area contributed by atoms with Gasteiger partial charge in [-0.1, -0.05) is 11.6 Å². The summed E-state index contributed by atoms with van der Waals surface area (Å²) in [6.07, 6.45) is 0. The molecule has 0 amide bonds. The van der Waals surface area contributed by atoms with Crippen molar-refractivity contribution in [2.45, 2.75) is 0 Å². The van der Waals surface area contributed by atoms with Gasteiger partial charge in [0.05, 0.1) is 7.57 Å². The third-order valence-corrected chi connectivity index (χ3v) is 4.73. The third-order valence-electron chi connectivity index (χ3n) is 2.16. The SMILES string of the molecule is Nc1cc(Cl)ccc1C(=O)c1cc(Br)sc1Br. The zero-order valence-electron chi connectivity index (χ0n) is 8.34. The van der Waals surface area contributed by atoms with Crippen LogP contribution in [0.25, 0.3) is 0 Å². The van der Waals surface area contributed by atoms with Crippen LogP contribution in [0.4, 0.5) is 5.69 Å². The second-order valence-corrected chi connectivity index (χ2v) is 7.48. The fourth-order valence-corrected chi connectivity index (χ4v) is 4.35. The normalized spacial score (nSPS) is 10.5. The quantitative estimate of drug-likeness (QED) is 0.590. The van der Waals surface area contributed by atoms with Gasteiger partial charge in [-0.3, -0.25) is 4.79 Å². The average Bonchev–Trinajstić information content (AvgIpc) is 2.57. The number of benzene rings is 1. The van der Waals surface area contributed by atoms with Crippen LogP contribution in [0.2, 0.25) is 5.02 Å². The Kier molecular flexibility index (Phi) is 3.92. The fourth-order valence-electron chi connectivity index (χ4n) is 1.38. The number of hydrogen-bond acceptors (Lipinski definition) is 3. The zero-order chi connectivity index (χ0) is 12.6. The summed E-state index contributed by atoms with van der Waals surface area (Å²) >= 11 is 13.9. The number of nitrogens with two attached hydrogens (primary N) is 1. The lowest BCUT2D eigenvalue weighted by atomic mass is 10.0. The molecule has 2 N–H and O–H groups in total. The molecule has 0 saturated heterocycles. The molecule has 0 spiro atoms. The van der Waals surface area contributed by atoms with Crippen LogP contribution in [-0.2, 0) is 0 Å². The van der Waals surface area contributed by atoms with E-state index in [0.29, 0.717) is 21.8 Å². The van der Waals surface area contributed by atoms with E-state index in [4.69, 9.17) is 17.3 Å². The van der Waals surface area contributed by atoms with Crippen molar-refractivity contribution < 1.29 is 4.79 Å². The van der Waals surface area contributed by atoms with Gasteiger partial charge in [-0.2, -0.15) is 0 Å². The number of halogens is 3. The Morgan fingerprint density at radius 2 is 1.94 bits per heavy atom. The smallest absolute Gasteiger partial charge is 0.197 e. The summed E-state index contributed by atoms with van der Waals surface area (Å²) in [5.41, 5.74) is 7.23. The van der Waals surface area contributed by atoms with Crippen molar-refractivity contribution in [3.05, 3.63) is 48.0 Å². The van der Waals surface area contributed by atoms with E-state index in [1.165, 1.54) is 11.3 Å². The molecule has 0 atom stereocenters. The van der Waals surface area contributed by atoms with Crippen molar-refractivity contribution in [2.24, 2.45) is 0 Å². The van der Waals surface area contributed by atoms with Crippen LogP contribution in [0.15, 0.2) is 31.8 Å². The van der Waals surface area contributed by atoms with Gasteiger partial charge in [0, 0.05) is 21.8 Å². The number of carbonyl (C=O) groups excluding carboxylic acids is 1. The van der Waals surface area contributed by atoms with Gasteiger partial charge >= 0.3 is 0 Å². The Bertz CT molecular complexity index is 597. The second kappa shape index (κ2) is 5.10. The van der Waals surface area contributed by atoms with E-state index >= 15 is 0 Å². The molecule has 0 bridgehead atoms. The molecule has 0 aliphatic heterocycles. The molecule has 1 heterocycles.